The number of benzene rings is 1. The van der Waals surface area contributed by atoms with Crippen LogP contribution < -0.4 is 5.32 Å². The molecule has 0 saturated carbocycles. The van der Waals surface area contributed by atoms with Crippen molar-refractivity contribution in [2.24, 2.45) is 0 Å². The summed E-state index contributed by atoms with van der Waals surface area (Å²) < 4.78 is 0. The molecule has 0 radical (unpaired) electrons. The number of aromatic nitrogens is 2. The Morgan fingerprint density at radius 2 is 2.18 bits per heavy atom. The van der Waals surface area contributed by atoms with Crippen molar-refractivity contribution >= 4 is 34.5 Å². The summed E-state index contributed by atoms with van der Waals surface area (Å²) in [5.41, 5.74) is 2.92. The number of amides is 1. The summed E-state index contributed by atoms with van der Waals surface area (Å²) in [6.45, 7) is 1.89. The van der Waals surface area contributed by atoms with Crippen molar-refractivity contribution in [2.75, 3.05) is 5.32 Å². The maximum Gasteiger partial charge on any atom is 0.275 e. The normalized spacial score (nSPS) is 10.5. The molecule has 2 heterocycles. The Kier molecular flexibility index (Phi) is 4.18. The zero-order valence-electron chi connectivity index (χ0n) is 11.7. The van der Waals surface area contributed by atoms with Crippen LogP contribution in [-0.2, 0) is 0 Å². The lowest BCUT2D eigenvalue weighted by atomic mass is 10.2. The van der Waals surface area contributed by atoms with Gasteiger partial charge in [-0.15, -0.1) is 11.3 Å². The zero-order valence-corrected chi connectivity index (χ0v) is 13.3. The molecule has 0 spiro atoms. The average Bonchev–Trinajstić information content (AvgIpc) is 3.01. The highest BCUT2D eigenvalue weighted by Crippen LogP contribution is 2.24. The lowest BCUT2D eigenvalue weighted by molar-refractivity contribution is 0.102. The van der Waals surface area contributed by atoms with Gasteiger partial charge in [0.25, 0.3) is 5.91 Å². The van der Waals surface area contributed by atoms with E-state index in [1.165, 1.54) is 11.3 Å². The van der Waals surface area contributed by atoms with Crippen LogP contribution in [0.4, 0.5) is 5.69 Å². The standard InChI is InChI=1S/C16H12ClN3OS/c1-10-7-12(17)4-5-13(10)19-15(21)14-9-22-16(20-14)11-3-2-6-18-8-11/h2-9H,1H3,(H,19,21). The van der Waals surface area contributed by atoms with Gasteiger partial charge in [0.15, 0.2) is 0 Å². The van der Waals surface area contributed by atoms with Crippen molar-refractivity contribution in [3.63, 3.8) is 0 Å². The predicted octanol–water partition coefficient (Wildman–Crippen LogP) is 4.42. The minimum absolute atomic E-state index is 0.239. The summed E-state index contributed by atoms with van der Waals surface area (Å²) >= 11 is 7.33. The molecule has 4 nitrogen and oxygen atoms in total. The van der Waals surface area contributed by atoms with E-state index in [1.54, 1.807) is 36.0 Å². The van der Waals surface area contributed by atoms with Gasteiger partial charge < -0.3 is 5.32 Å². The first-order chi connectivity index (χ1) is 10.6. The molecule has 1 amide bonds. The summed E-state index contributed by atoms with van der Waals surface area (Å²) in [4.78, 5) is 20.7. The molecule has 1 aromatic carbocycles. The Morgan fingerprint density at radius 3 is 2.91 bits per heavy atom. The number of halogens is 1. The van der Waals surface area contributed by atoms with Crippen LogP contribution in [0.5, 0.6) is 0 Å². The molecule has 0 aliphatic heterocycles. The molecule has 1 N–H and O–H groups in total. The van der Waals surface area contributed by atoms with Gasteiger partial charge in [0.05, 0.1) is 0 Å². The first kappa shape index (κ1) is 14.7. The zero-order chi connectivity index (χ0) is 15.5. The third-order valence-corrected chi connectivity index (χ3v) is 4.21. The maximum absolute atomic E-state index is 12.3. The minimum Gasteiger partial charge on any atom is -0.320 e. The van der Waals surface area contributed by atoms with E-state index in [0.717, 1.165) is 21.8 Å². The number of nitrogens with zero attached hydrogens (tertiary/aromatic N) is 2. The highest BCUT2D eigenvalue weighted by atomic mass is 35.5. The van der Waals surface area contributed by atoms with E-state index in [-0.39, 0.29) is 5.91 Å². The molecule has 3 aromatic rings. The molecule has 6 heteroatoms. The van der Waals surface area contributed by atoms with Crippen molar-refractivity contribution in [3.8, 4) is 10.6 Å². The number of hydrogen-bond acceptors (Lipinski definition) is 4. The third kappa shape index (κ3) is 3.16. The predicted molar refractivity (Wildman–Crippen MR) is 89.5 cm³/mol. The fraction of sp³-hybridized carbons (Fsp3) is 0.0625. The first-order valence-corrected chi connectivity index (χ1v) is 7.82. The SMILES string of the molecule is Cc1cc(Cl)ccc1NC(=O)c1csc(-c2cccnc2)n1. The van der Waals surface area contributed by atoms with Crippen LogP contribution in [0.15, 0.2) is 48.1 Å². The molecular weight excluding hydrogens is 318 g/mol. The molecule has 0 atom stereocenters. The average molecular weight is 330 g/mol. The Bertz CT molecular complexity index is 817. The van der Waals surface area contributed by atoms with Gasteiger partial charge in [0.2, 0.25) is 0 Å². The highest BCUT2D eigenvalue weighted by molar-refractivity contribution is 7.13. The summed E-state index contributed by atoms with van der Waals surface area (Å²) in [5, 5.41) is 6.00. The fourth-order valence-corrected chi connectivity index (χ4v) is 2.97. The van der Waals surface area contributed by atoms with Crippen molar-refractivity contribution < 1.29 is 4.79 Å². The number of anilines is 1. The van der Waals surface area contributed by atoms with Crippen LogP contribution in [0.1, 0.15) is 16.1 Å². The van der Waals surface area contributed by atoms with E-state index in [2.05, 4.69) is 15.3 Å². The van der Waals surface area contributed by atoms with Crippen molar-refractivity contribution in [1.29, 1.82) is 0 Å². The largest absolute Gasteiger partial charge is 0.320 e. The number of thiazole rings is 1. The van der Waals surface area contributed by atoms with E-state index in [4.69, 9.17) is 11.6 Å². The Morgan fingerprint density at radius 1 is 1.32 bits per heavy atom. The second kappa shape index (κ2) is 6.25. The van der Waals surface area contributed by atoms with Crippen molar-refractivity contribution in [2.45, 2.75) is 6.92 Å². The number of nitrogens with one attached hydrogen (secondary N) is 1. The lowest BCUT2D eigenvalue weighted by Gasteiger charge is -2.07. The number of carbonyl (C=O) groups excluding carboxylic acids is 1. The van der Waals surface area contributed by atoms with E-state index in [0.29, 0.717) is 10.7 Å². The Hall–Kier alpha value is -2.24. The van der Waals surface area contributed by atoms with E-state index < -0.39 is 0 Å². The summed E-state index contributed by atoms with van der Waals surface area (Å²) in [5.74, 6) is -0.239. The minimum atomic E-state index is -0.239. The number of pyridine rings is 1. The van der Waals surface area contributed by atoms with Gasteiger partial charge in [-0.3, -0.25) is 9.78 Å². The molecule has 0 aliphatic rings. The molecule has 2 aromatic heterocycles. The van der Waals surface area contributed by atoms with Crippen LogP contribution in [0.2, 0.25) is 5.02 Å². The molecule has 3 rings (SSSR count). The second-order valence-electron chi connectivity index (χ2n) is 4.69. The second-order valence-corrected chi connectivity index (χ2v) is 5.99. The summed E-state index contributed by atoms with van der Waals surface area (Å²) in [6, 6.07) is 9.08. The van der Waals surface area contributed by atoms with Gasteiger partial charge in [-0.1, -0.05) is 11.6 Å². The highest BCUT2D eigenvalue weighted by Gasteiger charge is 2.13. The van der Waals surface area contributed by atoms with Crippen LogP contribution in [0.3, 0.4) is 0 Å². The van der Waals surface area contributed by atoms with E-state index in [9.17, 15) is 4.79 Å². The Labute approximate surface area is 136 Å². The van der Waals surface area contributed by atoms with Crippen molar-refractivity contribution in [1.82, 2.24) is 9.97 Å². The van der Waals surface area contributed by atoms with E-state index >= 15 is 0 Å². The number of carbonyl (C=O) groups is 1. The van der Waals surface area contributed by atoms with Gasteiger partial charge >= 0.3 is 0 Å². The third-order valence-electron chi connectivity index (χ3n) is 3.08. The molecule has 0 fully saturated rings. The van der Waals surface area contributed by atoms with Crippen LogP contribution in [0.25, 0.3) is 10.6 Å². The van der Waals surface area contributed by atoms with Crippen LogP contribution in [0, 0.1) is 6.92 Å². The number of rotatable bonds is 3. The van der Waals surface area contributed by atoms with Gasteiger partial charge in [-0.25, -0.2) is 4.98 Å². The fourth-order valence-electron chi connectivity index (χ4n) is 1.95. The van der Waals surface area contributed by atoms with Gasteiger partial charge in [0.1, 0.15) is 10.7 Å². The quantitative estimate of drug-likeness (QED) is 0.774. The monoisotopic (exact) mass is 329 g/mol. The van der Waals surface area contributed by atoms with E-state index in [1.807, 2.05) is 19.1 Å². The number of hydrogen-bond donors (Lipinski definition) is 1. The van der Waals surface area contributed by atoms with Gasteiger partial charge in [0, 0.05) is 34.0 Å². The Balaban J connectivity index is 1.80. The maximum atomic E-state index is 12.3. The molecule has 0 saturated heterocycles. The lowest BCUT2D eigenvalue weighted by Crippen LogP contribution is -2.13. The molecule has 0 aliphatic carbocycles. The summed E-state index contributed by atoms with van der Waals surface area (Å²) in [7, 11) is 0. The molecule has 0 unspecified atom stereocenters. The molecule has 0 bridgehead atoms. The molecule has 22 heavy (non-hydrogen) atoms. The number of aryl methyl sites for hydroxylation is 1. The topological polar surface area (TPSA) is 54.9 Å². The van der Waals surface area contributed by atoms with Gasteiger partial charge in [-0.2, -0.15) is 0 Å². The molecular formula is C16H12ClN3OS. The summed E-state index contributed by atoms with van der Waals surface area (Å²) in [6.07, 6.45) is 3.43. The smallest absolute Gasteiger partial charge is 0.275 e. The van der Waals surface area contributed by atoms with Crippen LogP contribution in [-0.4, -0.2) is 15.9 Å². The van der Waals surface area contributed by atoms with Crippen LogP contribution >= 0.6 is 22.9 Å². The first-order valence-electron chi connectivity index (χ1n) is 6.57. The molecule has 110 valence electrons. The van der Waals surface area contributed by atoms with Crippen molar-refractivity contribution in [3.05, 3.63) is 64.4 Å². The van der Waals surface area contributed by atoms with Gasteiger partial charge in [-0.05, 0) is 42.8 Å².